The van der Waals surface area contributed by atoms with Gasteiger partial charge in [0, 0.05) is 17.3 Å². The Hall–Kier alpha value is -0.630. The molecule has 0 radical (unpaired) electrons. The molecule has 1 aromatic rings. The van der Waals surface area contributed by atoms with Crippen LogP contribution in [0, 0.1) is 0 Å². The maximum absolute atomic E-state index is 5.84. The van der Waals surface area contributed by atoms with E-state index in [1.165, 1.54) is 12.8 Å². The molecule has 1 aromatic heterocycles. The fourth-order valence-electron chi connectivity index (χ4n) is 1.46. The molecular formula is C10H13ClN2. The summed E-state index contributed by atoms with van der Waals surface area (Å²) in [7, 11) is 0. The maximum Gasteiger partial charge on any atom is 0.222 e. The second kappa shape index (κ2) is 3.62. The zero-order valence-electron chi connectivity index (χ0n) is 7.76. The van der Waals surface area contributed by atoms with E-state index in [2.05, 4.69) is 23.0 Å². The molecule has 0 spiro atoms. The molecule has 13 heavy (non-hydrogen) atoms. The van der Waals surface area contributed by atoms with Gasteiger partial charge in [0.25, 0.3) is 0 Å². The van der Waals surface area contributed by atoms with E-state index in [0.29, 0.717) is 11.2 Å². The van der Waals surface area contributed by atoms with Crippen molar-refractivity contribution in [2.24, 2.45) is 0 Å². The third kappa shape index (κ3) is 2.19. The van der Waals surface area contributed by atoms with E-state index in [4.69, 9.17) is 11.6 Å². The van der Waals surface area contributed by atoms with E-state index in [-0.39, 0.29) is 0 Å². The molecule has 0 bridgehead atoms. The standard InChI is InChI=1S/C10H13ClN2/c1-2-3-8-6-9(7-4-5-7)13-10(11)12-8/h6-7H,2-5H2,1H3. The molecule has 2 nitrogen and oxygen atoms in total. The normalized spacial score (nSPS) is 16.2. The number of hydrogen-bond donors (Lipinski definition) is 0. The summed E-state index contributed by atoms with van der Waals surface area (Å²) in [6, 6.07) is 2.10. The van der Waals surface area contributed by atoms with Gasteiger partial charge in [0.1, 0.15) is 0 Å². The molecule has 2 rings (SSSR count). The molecule has 1 aliphatic rings. The Morgan fingerprint density at radius 2 is 2.23 bits per heavy atom. The highest BCUT2D eigenvalue weighted by Gasteiger charge is 2.25. The Bertz CT molecular complexity index is 308. The molecule has 0 aromatic carbocycles. The predicted octanol–water partition coefficient (Wildman–Crippen LogP) is 2.96. The number of hydrogen-bond acceptors (Lipinski definition) is 2. The summed E-state index contributed by atoms with van der Waals surface area (Å²) in [4.78, 5) is 8.42. The average molecular weight is 197 g/mol. The lowest BCUT2D eigenvalue weighted by atomic mass is 10.2. The highest BCUT2D eigenvalue weighted by molar-refractivity contribution is 6.28. The average Bonchev–Trinajstić information content (AvgIpc) is 2.85. The lowest BCUT2D eigenvalue weighted by Gasteiger charge is -2.02. The van der Waals surface area contributed by atoms with Crippen LogP contribution in [0.4, 0.5) is 0 Å². The van der Waals surface area contributed by atoms with Crippen LogP contribution in [0.1, 0.15) is 43.5 Å². The van der Waals surface area contributed by atoms with E-state index in [1.54, 1.807) is 0 Å². The SMILES string of the molecule is CCCc1cc(C2CC2)nc(Cl)n1. The number of halogens is 1. The van der Waals surface area contributed by atoms with Gasteiger partial charge in [-0.25, -0.2) is 9.97 Å². The zero-order valence-corrected chi connectivity index (χ0v) is 8.51. The summed E-state index contributed by atoms with van der Waals surface area (Å²) < 4.78 is 0. The van der Waals surface area contributed by atoms with Crippen LogP contribution in [-0.4, -0.2) is 9.97 Å². The number of rotatable bonds is 3. The minimum Gasteiger partial charge on any atom is -0.223 e. The maximum atomic E-state index is 5.84. The van der Waals surface area contributed by atoms with Crippen molar-refractivity contribution in [3.05, 3.63) is 22.7 Å². The van der Waals surface area contributed by atoms with E-state index in [9.17, 15) is 0 Å². The molecule has 0 amide bonds. The summed E-state index contributed by atoms with van der Waals surface area (Å²) in [6.45, 7) is 2.15. The number of aromatic nitrogens is 2. The van der Waals surface area contributed by atoms with Gasteiger partial charge in [0.15, 0.2) is 0 Å². The van der Waals surface area contributed by atoms with Crippen LogP contribution < -0.4 is 0 Å². The minimum absolute atomic E-state index is 0.410. The Labute approximate surface area is 83.4 Å². The third-order valence-electron chi connectivity index (χ3n) is 2.27. The van der Waals surface area contributed by atoms with Gasteiger partial charge in [0.05, 0.1) is 0 Å². The van der Waals surface area contributed by atoms with Crippen molar-refractivity contribution in [2.45, 2.75) is 38.5 Å². The van der Waals surface area contributed by atoms with Gasteiger partial charge in [-0.2, -0.15) is 0 Å². The van der Waals surface area contributed by atoms with Gasteiger partial charge in [-0.05, 0) is 36.9 Å². The van der Waals surface area contributed by atoms with Crippen LogP contribution in [-0.2, 0) is 6.42 Å². The van der Waals surface area contributed by atoms with E-state index >= 15 is 0 Å². The molecule has 1 saturated carbocycles. The van der Waals surface area contributed by atoms with Gasteiger partial charge >= 0.3 is 0 Å². The molecule has 0 saturated heterocycles. The first-order chi connectivity index (χ1) is 6.29. The van der Waals surface area contributed by atoms with Crippen molar-refractivity contribution >= 4 is 11.6 Å². The summed E-state index contributed by atoms with van der Waals surface area (Å²) in [5.41, 5.74) is 2.23. The fourth-order valence-corrected chi connectivity index (χ4v) is 1.66. The van der Waals surface area contributed by atoms with E-state index in [1.807, 2.05) is 0 Å². The quantitative estimate of drug-likeness (QED) is 0.695. The lowest BCUT2D eigenvalue weighted by Crippen LogP contribution is -1.96. The van der Waals surface area contributed by atoms with Crippen molar-refractivity contribution in [3.63, 3.8) is 0 Å². The van der Waals surface area contributed by atoms with Crippen molar-refractivity contribution < 1.29 is 0 Å². The highest BCUT2D eigenvalue weighted by atomic mass is 35.5. The smallest absolute Gasteiger partial charge is 0.222 e. The molecule has 1 fully saturated rings. The topological polar surface area (TPSA) is 25.8 Å². The second-order valence-corrected chi connectivity index (χ2v) is 3.92. The Kier molecular flexibility index (Phi) is 2.49. The van der Waals surface area contributed by atoms with Gasteiger partial charge in [-0.3, -0.25) is 0 Å². The van der Waals surface area contributed by atoms with Crippen molar-refractivity contribution in [1.82, 2.24) is 9.97 Å². The van der Waals surface area contributed by atoms with Crippen LogP contribution in [0.5, 0.6) is 0 Å². The lowest BCUT2D eigenvalue weighted by molar-refractivity contribution is 0.854. The van der Waals surface area contributed by atoms with Crippen molar-refractivity contribution in [1.29, 1.82) is 0 Å². The molecule has 70 valence electrons. The molecule has 0 unspecified atom stereocenters. The van der Waals surface area contributed by atoms with Crippen molar-refractivity contribution in [2.75, 3.05) is 0 Å². The van der Waals surface area contributed by atoms with E-state index in [0.717, 1.165) is 24.2 Å². The summed E-state index contributed by atoms with van der Waals surface area (Å²) in [5.74, 6) is 0.663. The molecule has 3 heteroatoms. The fraction of sp³-hybridized carbons (Fsp3) is 0.600. The minimum atomic E-state index is 0.410. The van der Waals surface area contributed by atoms with Crippen LogP contribution in [0.2, 0.25) is 5.28 Å². The first kappa shape index (κ1) is 8.95. The molecule has 1 heterocycles. The Morgan fingerprint density at radius 1 is 1.46 bits per heavy atom. The van der Waals surface area contributed by atoms with Crippen LogP contribution in [0.3, 0.4) is 0 Å². The molecule has 1 aliphatic carbocycles. The van der Waals surface area contributed by atoms with Gasteiger partial charge in [-0.1, -0.05) is 13.3 Å². The largest absolute Gasteiger partial charge is 0.223 e. The number of aryl methyl sites for hydroxylation is 1. The Balaban J connectivity index is 2.25. The van der Waals surface area contributed by atoms with Crippen LogP contribution >= 0.6 is 11.6 Å². The summed E-state index contributed by atoms with van der Waals surface area (Å²) in [6.07, 6.45) is 4.64. The Morgan fingerprint density at radius 3 is 2.85 bits per heavy atom. The molecule has 0 aliphatic heterocycles. The number of nitrogens with zero attached hydrogens (tertiary/aromatic N) is 2. The third-order valence-corrected chi connectivity index (χ3v) is 2.44. The molecule has 0 N–H and O–H groups in total. The first-order valence-corrected chi connectivity index (χ1v) is 5.20. The van der Waals surface area contributed by atoms with Gasteiger partial charge in [0.2, 0.25) is 5.28 Å². The predicted molar refractivity (Wildman–Crippen MR) is 53.0 cm³/mol. The first-order valence-electron chi connectivity index (χ1n) is 4.83. The summed E-state index contributed by atoms with van der Waals surface area (Å²) in [5, 5.41) is 0.410. The summed E-state index contributed by atoms with van der Waals surface area (Å²) >= 11 is 5.84. The molecular weight excluding hydrogens is 184 g/mol. The monoisotopic (exact) mass is 196 g/mol. The second-order valence-electron chi connectivity index (χ2n) is 3.58. The van der Waals surface area contributed by atoms with Crippen LogP contribution in [0.25, 0.3) is 0 Å². The van der Waals surface area contributed by atoms with E-state index < -0.39 is 0 Å². The van der Waals surface area contributed by atoms with Crippen molar-refractivity contribution in [3.8, 4) is 0 Å². The zero-order chi connectivity index (χ0) is 9.26. The van der Waals surface area contributed by atoms with Crippen LogP contribution in [0.15, 0.2) is 6.07 Å². The van der Waals surface area contributed by atoms with Gasteiger partial charge in [-0.15, -0.1) is 0 Å². The highest BCUT2D eigenvalue weighted by Crippen LogP contribution is 2.39. The van der Waals surface area contributed by atoms with Gasteiger partial charge < -0.3 is 0 Å². The molecule has 0 atom stereocenters.